The largest absolute Gasteiger partial charge is 0.369 e. The lowest BCUT2D eigenvalue weighted by atomic mass is 9.88. The number of aromatic amines is 1. The number of hydrogen-bond acceptors (Lipinski definition) is 4. The average molecular weight is 579 g/mol. The first-order chi connectivity index (χ1) is 19.6. The minimum atomic E-state index is -0.822. The maximum atomic E-state index is 14.6. The van der Waals surface area contributed by atoms with Gasteiger partial charge in [0.15, 0.2) is 0 Å². The molecule has 218 valence electrons. The zero-order valence-corrected chi connectivity index (χ0v) is 24.7. The first-order valence-corrected chi connectivity index (χ1v) is 14.7. The van der Waals surface area contributed by atoms with Crippen molar-refractivity contribution >= 4 is 46.0 Å². The molecule has 5 rings (SSSR count). The maximum absolute atomic E-state index is 14.6. The second kappa shape index (κ2) is 12.1. The second-order valence-electron chi connectivity index (χ2n) is 11.7. The number of nitrogens with one attached hydrogen (secondary N) is 2. The molecule has 1 fully saturated rings. The van der Waals surface area contributed by atoms with Crippen molar-refractivity contribution in [2.24, 2.45) is 17.6 Å². The first-order valence-electron chi connectivity index (χ1n) is 14.3. The fourth-order valence-corrected chi connectivity index (χ4v) is 6.57. The molecule has 0 spiro atoms. The number of urea groups is 1. The van der Waals surface area contributed by atoms with Gasteiger partial charge in [-0.15, -0.1) is 0 Å². The first kappa shape index (κ1) is 29.0. The number of aromatic nitrogens is 1. The Morgan fingerprint density at radius 1 is 1.15 bits per heavy atom. The summed E-state index contributed by atoms with van der Waals surface area (Å²) in [4.78, 5) is 48.8. The predicted octanol–water partition coefficient (Wildman–Crippen LogP) is 3.97. The Bertz CT molecular complexity index is 1430. The van der Waals surface area contributed by atoms with Crippen LogP contribution in [0.3, 0.4) is 0 Å². The summed E-state index contributed by atoms with van der Waals surface area (Å²) in [6, 6.07) is 12.5. The molecule has 2 unspecified atom stereocenters. The number of nitrogens with two attached hydrogens (primary N) is 1. The smallest absolute Gasteiger partial charge is 0.318 e. The van der Waals surface area contributed by atoms with Crippen molar-refractivity contribution < 1.29 is 14.4 Å². The molecule has 0 aliphatic carbocycles. The van der Waals surface area contributed by atoms with Crippen LogP contribution < -0.4 is 16.0 Å². The van der Waals surface area contributed by atoms with Gasteiger partial charge in [0.2, 0.25) is 11.8 Å². The Kier molecular flexibility index (Phi) is 8.56. The number of nitrogens with zero attached hydrogens (tertiary/aromatic N) is 3. The number of primary amides is 1. The van der Waals surface area contributed by atoms with Crippen LogP contribution in [0.1, 0.15) is 36.8 Å². The third-order valence-electron chi connectivity index (χ3n) is 8.51. The van der Waals surface area contributed by atoms with E-state index in [-0.39, 0.29) is 35.6 Å². The molecule has 3 aromatic rings. The van der Waals surface area contributed by atoms with Crippen LogP contribution in [0.4, 0.5) is 10.5 Å². The van der Waals surface area contributed by atoms with E-state index in [2.05, 4.69) is 15.2 Å². The van der Waals surface area contributed by atoms with Gasteiger partial charge in [-0.25, -0.2) is 4.79 Å². The number of piperidine rings is 1. The number of rotatable bonds is 7. The van der Waals surface area contributed by atoms with E-state index in [1.807, 2.05) is 74.6 Å². The average Bonchev–Trinajstić information content (AvgIpc) is 3.38. The van der Waals surface area contributed by atoms with E-state index in [1.165, 1.54) is 0 Å². The zero-order chi connectivity index (χ0) is 29.3. The molecule has 4 amide bonds. The van der Waals surface area contributed by atoms with E-state index < -0.39 is 6.04 Å². The van der Waals surface area contributed by atoms with Gasteiger partial charge >= 0.3 is 6.03 Å². The summed E-state index contributed by atoms with van der Waals surface area (Å²) in [6.07, 6.45) is 3.79. The highest BCUT2D eigenvalue weighted by atomic mass is 35.5. The lowest BCUT2D eigenvalue weighted by molar-refractivity contribution is -0.123. The molecule has 2 aromatic carbocycles. The summed E-state index contributed by atoms with van der Waals surface area (Å²) < 4.78 is 0. The van der Waals surface area contributed by atoms with Gasteiger partial charge in [0.1, 0.15) is 6.04 Å². The number of amides is 4. The molecule has 10 heteroatoms. The molecule has 3 heterocycles. The highest BCUT2D eigenvalue weighted by molar-refractivity contribution is 6.30. The molecule has 0 radical (unpaired) electrons. The van der Waals surface area contributed by atoms with Gasteiger partial charge in [-0.05, 0) is 74.7 Å². The topological polar surface area (TPSA) is 115 Å². The minimum Gasteiger partial charge on any atom is -0.369 e. The van der Waals surface area contributed by atoms with E-state index in [0.29, 0.717) is 37.5 Å². The van der Waals surface area contributed by atoms with E-state index in [9.17, 15) is 14.4 Å². The molecule has 0 saturated carbocycles. The second-order valence-corrected chi connectivity index (χ2v) is 12.2. The number of anilines is 1. The summed E-state index contributed by atoms with van der Waals surface area (Å²) in [5.41, 5.74) is 9.30. The Morgan fingerprint density at radius 2 is 1.88 bits per heavy atom. The van der Waals surface area contributed by atoms with E-state index >= 15 is 0 Å². The Balaban J connectivity index is 1.47. The number of para-hydroxylation sites is 1. The third-order valence-corrected chi connectivity index (χ3v) is 8.75. The predicted molar refractivity (Wildman–Crippen MR) is 162 cm³/mol. The van der Waals surface area contributed by atoms with Crippen molar-refractivity contribution in [2.45, 2.75) is 38.1 Å². The maximum Gasteiger partial charge on any atom is 0.318 e. The molecule has 9 nitrogen and oxygen atoms in total. The van der Waals surface area contributed by atoms with Gasteiger partial charge in [-0.2, -0.15) is 0 Å². The molecule has 3 atom stereocenters. The van der Waals surface area contributed by atoms with E-state index in [0.717, 1.165) is 40.7 Å². The van der Waals surface area contributed by atoms with Crippen LogP contribution in [-0.4, -0.2) is 78.9 Å². The Labute approximate surface area is 246 Å². The molecule has 2 aliphatic heterocycles. The van der Waals surface area contributed by atoms with Gasteiger partial charge in [0.25, 0.3) is 0 Å². The summed E-state index contributed by atoms with van der Waals surface area (Å²) in [7, 11) is 4.06. The molecular weight excluding hydrogens is 540 g/mol. The monoisotopic (exact) mass is 578 g/mol. The van der Waals surface area contributed by atoms with Crippen LogP contribution in [0, 0.1) is 11.8 Å². The van der Waals surface area contributed by atoms with Crippen LogP contribution >= 0.6 is 11.6 Å². The minimum absolute atomic E-state index is 0.157. The van der Waals surface area contributed by atoms with Crippen molar-refractivity contribution in [1.29, 1.82) is 0 Å². The molecule has 2 aliphatic rings. The number of fused-ring (bicyclic) bond motifs is 2. The SMILES string of the molecule is CC(c1c[nH]c2ccccc12)C(NC(=O)N1CCC(C(N)=O)CC1)C(=O)N1C[C@@H](CN(C)C)Cc2cc(Cl)ccc21. The molecule has 0 bridgehead atoms. The Morgan fingerprint density at radius 3 is 2.59 bits per heavy atom. The Hall–Kier alpha value is -3.56. The lowest BCUT2D eigenvalue weighted by Gasteiger charge is -2.39. The van der Waals surface area contributed by atoms with Crippen molar-refractivity contribution in [1.82, 2.24) is 20.1 Å². The summed E-state index contributed by atoms with van der Waals surface area (Å²) >= 11 is 6.37. The number of carbonyl (C=O) groups is 3. The van der Waals surface area contributed by atoms with Crippen LogP contribution in [0.25, 0.3) is 10.9 Å². The van der Waals surface area contributed by atoms with Crippen molar-refractivity contribution in [3.05, 3.63) is 64.8 Å². The number of carbonyl (C=O) groups excluding carboxylic acids is 3. The summed E-state index contributed by atoms with van der Waals surface area (Å²) in [6.45, 7) is 4.18. The lowest BCUT2D eigenvalue weighted by Crippen LogP contribution is -2.57. The van der Waals surface area contributed by atoms with E-state index in [1.54, 1.807) is 4.90 Å². The van der Waals surface area contributed by atoms with Crippen molar-refractivity contribution in [3.8, 4) is 0 Å². The normalized spacial score (nSPS) is 19.2. The van der Waals surface area contributed by atoms with Crippen LogP contribution in [-0.2, 0) is 16.0 Å². The fraction of sp³-hybridized carbons (Fsp3) is 0.452. The number of halogens is 1. The van der Waals surface area contributed by atoms with Crippen LogP contribution in [0.5, 0.6) is 0 Å². The highest BCUT2D eigenvalue weighted by Crippen LogP contribution is 2.35. The molecule has 41 heavy (non-hydrogen) atoms. The van der Waals surface area contributed by atoms with Gasteiger partial charge in [0, 0.05) is 65.8 Å². The molecule has 1 aromatic heterocycles. The third kappa shape index (κ3) is 6.21. The quantitative estimate of drug-likeness (QED) is 0.393. The van der Waals surface area contributed by atoms with Crippen molar-refractivity contribution in [2.75, 3.05) is 45.2 Å². The van der Waals surface area contributed by atoms with Gasteiger partial charge < -0.3 is 30.7 Å². The number of benzene rings is 2. The summed E-state index contributed by atoms with van der Waals surface area (Å²) in [5.74, 6) is -0.826. The highest BCUT2D eigenvalue weighted by Gasteiger charge is 2.38. The zero-order valence-electron chi connectivity index (χ0n) is 23.9. The van der Waals surface area contributed by atoms with Crippen LogP contribution in [0.15, 0.2) is 48.7 Å². The molecule has 1 saturated heterocycles. The fourth-order valence-electron chi connectivity index (χ4n) is 6.37. The summed E-state index contributed by atoms with van der Waals surface area (Å²) in [5, 5.41) is 4.76. The van der Waals surface area contributed by atoms with Gasteiger partial charge in [-0.3, -0.25) is 9.59 Å². The number of hydrogen-bond donors (Lipinski definition) is 3. The van der Waals surface area contributed by atoms with E-state index in [4.69, 9.17) is 17.3 Å². The van der Waals surface area contributed by atoms with Gasteiger partial charge in [0.05, 0.1) is 0 Å². The van der Waals surface area contributed by atoms with Crippen molar-refractivity contribution in [3.63, 3.8) is 0 Å². The molecule has 4 N–H and O–H groups in total. The number of likely N-dealkylation sites (tertiary alicyclic amines) is 1. The van der Waals surface area contributed by atoms with Gasteiger partial charge in [-0.1, -0.05) is 36.7 Å². The number of H-pyrrole nitrogens is 1. The molecular formula is C31H39ClN6O3. The standard InChI is InChI=1S/C31H39ClN6O3/c1-19(25-16-34-26-7-5-4-6-24(25)26)28(35-31(41)37-12-10-21(11-13-37)29(33)39)30(40)38-18-20(17-36(2)3)14-22-15-23(32)8-9-27(22)38/h4-9,15-16,19-21,28,34H,10-14,17-18H2,1-3H3,(H2,33,39)(H,35,41)/t19?,20-,28?/m1/s1. The van der Waals surface area contributed by atoms with Crippen LogP contribution in [0.2, 0.25) is 5.02 Å².